The molecule has 0 heterocycles. The van der Waals surface area contributed by atoms with Gasteiger partial charge in [0.25, 0.3) is 0 Å². The van der Waals surface area contributed by atoms with Crippen LogP contribution in [0, 0.1) is 0 Å². The Balaban J connectivity index is 2.05. The van der Waals surface area contributed by atoms with E-state index in [1.54, 1.807) is 48.5 Å². The Labute approximate surface area is 241 Å². The van der Waals surface area contributed by atoms with Gasteiger partial charge in [-0.1, -0.05) is 54.1 Å². The number of carbonyl (C=O) groups is 2. The van der Waals surface area contributed by atoms with Crippen molar-refractivity contribution in [1.29, 1.82) is 0 Å². The van der Waals surface area contributed by atoms with Crippen molar-refractivity contribution in [3.8, 4) is 5.75 Å². The van der Waals surface area contributed by atoms with Crippen LogP contribution in [0.5, 0.6) is 5.75 Å². The third-order valence-corrected chi connectivity index (χ3v) is 7.47. The first-order valence-electron chi connectivity index (χ1n) is 12.8. The van der Waals surface area contributed by atoms with Gasteiger partial charge in [-0.05, 0) is 68.3 Å². The van der Waals surface area contributed by atoms with Crippen molar-refractivity contribution in [3.63, 3.8) is 0 Å². The van der Waals surface area contributed by atoms with E-state index in [0.717, 1.165) is 21.7 Å². The number of sulfonamides is 1. The maximum absolute atomic E-state index is 14.1. The monoisotopic (exact) mass is 585 g/mol. The molecule has 0 spiro atoms. The van der Waals surface area contributed by atoms with Crippen LogP contribution in [0.15, 0.2) is 78.9 Å². The van der Waals surface area contributed by atoms with Gasteiger partial charge in [0.15, 0.2) is 0 Å². The topological polar surface area (TPSA) is 96.0 Å². The summed E-state index contributed by atoms with van der Waals surface area (Å²) in [5, 5.41) is 3.54. The summed E-state index contributed by atoms with van der Waals surface area (Å²) < 4.78 is 31.9. The molecule has 3 aromatic carbocycles. The standard InChI is InChI=1S/C30H36ClN3O5S/c1-30(2,3)32-29(36)27(19-22-9-7-6-8-10-22)33(20-23-11-13-24(31)14-12-23)28(35)21-34(40(5,37)38)25-15-17-26(39-4)18-16-25/h6-18,27H,19-21H2,1-5H3,(H,32,36)/t27-/m0/s1. The Morgan fingerprint density at radius 2 is 1.52 bits per heavy atom. The predicted octanol–water partition coefficient (Wildman–Crippen LogP) is 4.67. The van der Waals surface area contributed by atoms with Gasteiger partial charge in [0, 0.05) is 23.5 Å². The zero-order chi connectivity index (χ0) is 29.5. The fourth-order valence-electron chi connectivity index (χ4n) is 4.16. The lowest BCUT2D eigenvalue weighted by Gasteiger charge is -2.35. The second-order valence-corrected chi connectivity index (χ2v) is 12.9. The molecule has 0 aliphatic heterocycles. The Morgan fingerprint density at radius 1 is 0.925 bits per heavy atom. The quantitative estimate of drug-likeness (QED) is 0.353. The first-order valence-corrected chi connectivity index (χ1v) is 15.0. The van der Waals surface area contributed by atoms with Crippen molar-refractivity contribution >= 4 is 39.1 Å². The summed E-state index contributed by atoms with van der Waals surface area (Å²) in [6, 6.07) is 21.9. The highest BCUT2D eigenvalue weighted by atomic mass is 35.5. The van der Waals surface area contributed by atoms with Gasteiger partial charge in [0.2, 0.25) is 21.8 Å². The number of methoxy groups -OCH3 is 1. The minimum atomic E-state index is -3.85. The van der Waals surface area contributed by atoms with Crippen LogP contribution < -0.4 is 14.4 Å². The molecule has 2 amide bonds. The molecule has 0 saturated heterocycles. The first kappa shape index (κ1) is 31.0. The van der Waals surface area contributed by atoms with Gasteiger partial charge < -0.3 is 15.0 Å². The highest BCUT2D eigenvalue weighted by Crippen LogP contribution is 2.23. The number of hydrogen-bond acceptors (Lipinski definition) is 5. The number of nitrogens with zero attached hydrogens (tertiary/aromatic N) is 2. The molecule has 0 aliphatic carbocycles. The third kappa shape index (κ3) is 8.99. The number of benzene rings is 3. The second kappa shape index (κ2) is 13.2. The molecular formula is C30H36ClN3O5S. The van der Waals surface area contributed by atoms with Crippen LogP contribution in [0.25, 0.3) is 0 Å². The zero-order valence-electron chi connectivity index (χ0n) is 23.4. The molecule has 0 unspecified atom stereocenters. The van der Waals surface area contributed by atoms with E-state index in [-0.39, 0.29) is 18.9 Å². The van der Waals surface area contributed by atoms with Gasteiger partial charge in [-0.3, -0.25) is 13.9 Å². The number of anilines is 1. The molecule has 40 heavy (non-hydrogen) atoms. The number of halogens is 1. The van der Waals surface area contributed by atoms with Crippen LogP contribution in [-0.4, -0.2) is 56.6 Å². The molecule has 0 bridgehead atoms. The Hall–Kier alpha value is -3.56. The van der Waals surface area contributed by atoms with Crippen LogP contribution in [0.2, 0.25) is 5.02 Å². The van der Waals surface area contributed by atoms with E-state index < -0.39 is 34.1 Å². The number of hydrogen-bond donors (Lipinski definition) is 1. The lowest BCUT2D eigenvalue weighted by Crippen LogP contribution is -2.56. The van der Waals surface area contributed by atoms with Crippen molar-refractivity contribution in [2.75, 3.05) is 24.2 Å². The molecule has 0 aliphatic rings. The lowest BCUT2D eigenvalue weighted by molar-refractivity contribution is -0.140. The lowest BCUT2D eigenvalue weighted by atomic mass is 10.0. The van der Waals surface area contributed by atoms with Gasteiger partial charge >= 0.3 is 0 Å². The molecule has 1 N–H and O–H groups in total. The number of nitrogens with one attached hydrogen (secondary N) is 1. The minimum absolute atomic E-state index is 0.0747. The Bertz CT molecular complexity index is 1390. The van der Waals surface area contributed by atoms with E-state index in [4.69, 9.17) is 16.3 Å². The zero-order valence-corrected chi connectivity index (χ0v) is 25.0. The van der Waals surface area contributed by atoms with E-state index in [1.807, 2.05) is 51.1 Å². The van der Waals surface area contributed by atoms with Gasteiger partial charge in [-0.15, -0.1) is 0 Å². The van der Waals surface area contributed by atoms with Gasteiger partial charge in [-0.2, -0.15) is 0 Å². The first-order chi connectivity index (χ1) is 18.8. The maximum Gasteiger partial charge on any atom is 0.244 e. The molecule has 0 saturated carbocycles. The van der Waals surface area contributed by atoms with E-state index >= 15 is 0 Å². The van der Waals surface area contributed by atoms with E-state index in [9.17, 15) is 18.0 Å². The van der Waals surface area contributed by atoms with Gasteiger partial charge in [0.05, 0.1) is 19.1 Å². The molecule has 10 heteroatoms. The molecule has 0 aromatic heterocycles. The third-order valence-electron chi connectivity index (χ3n) is 6.08. The number of amides is 2. The molecule has 3 rings (SSSR count). The average Bonchev–Trinajstić information content (AvgIpc) is 2.89. The second-order valence-electron chi connectivity index (χ2n) is 10.6. The molecule has 3 aromatic rings. The van der Waals surface area contributed by atoms with Crippen molar-refractivity contribution in [3.05, 3.63) is 95.0 Å². The van der Waals surface area contributed by atoms with Crippen molar-refractivity contribution in [2.24, 2.45) is 0 Å². The normalized spacial score (nSPS) is 12.3. The SMILES string of the molecule is COc1ccc(N(CC(=O)N(Cc2ccc(Cl)cc2)[C@@H](Cc2ccccc2)C(=O)NC(C)(C)C)S(C)(=O)=O)cc1. The summed E-state index contributed by atoms with van der Waals surface area (Å²) in [7, 11) is -2.34. The van der Waals surface area contributed by atoms with Crippen LogP contribution in [0.3, 0.4) is 0 Å². The largest absolute Gasteiger partial charge is 0.497 e. The van der Waals surface area contributed by atoms with Crippen molar-refractivity contribution in [1.82, 2.24) is 10.2 Å². The fourth-order valence-corrected chi connectivity index (χ4v) is 5.13. The summed E-state index contributed by atoms with van der Waals surface area (Å²) in [5.74, 6) is -0.315. The maximum atomic E-state index is 14.1. The van der Waals surface area contributed by atoms with Crippen molar-refractivity contribution in [2.45, 2.75) is 45.3 Å². The van der Waals surface area contributed by atoms with Crippen molar-refractivity contribution < 1.29 is 22.7 Å². The number of ether oxygens (including phenoxy) is 1. The highest BCUT2D eigenvalue weighted by molar-refractivity contribution is 7.92. The molecule has 0 radical (unpaired) electrons. The van der Waals surface area contributed by atoms with Crippen LogP contribution >= 0.6 is 11.6 Å². The highest BCUT2D eigenvalue weighted by Gasteiger charge is 2.34. The average molecular weight is 586 g/mol. The van der Waals surface area contributed by atoms with E-state index in [0.29, 0.717) is 16.5 Å². The number of rotatable bonds is 11. The van der Waals surface area contributed by atoms with E-state index in [1.165, 1.54) is 12.0 Å². The van der Waals surface area contributed by atoms with Gasteiger partial charge in [0.1, 0.15) is 18.3 Å². The molecule has 0 fully saturated rings. The predicted molar refractivity (Wildman–Crippen MR) is 159 cm³/mol. The molecule has 1 atom stereocenters. The summed E-state index contributed by atoms with van der Waals surface area (Å²) in [4.78, 5) is 29.2. The van der Waals surface area contributed by atoms with E-state index in [2.05, 4.69) is 5.32 Å². The molecule has 8 nitrogen and oxygen atoms in total. The molecule has 214 valence electrons. The van der Waals surface area contributed by atoms with Crippen LogP contribution in [0.4, 0.5) is 5.69 Å². The Morgan fingerprint density at radius 3 is 2.05 bits per heavy atom. The summed E-state index contributed by atoms with van der Waals surface area (Å²) in [6.07, 6.45) is 1.28. The van der Waals surface area contributed by atoms with Gasteiger partial charge in [-0.25, -0.2) is 8.42 Å². The smallest absolute Gasteiger partial charge is 0.244 e. The Kier molecular flexibility index (Phi) is 10.2. The fraction of sp³-hybridized carbons (Fsp3) is 0.333. The minimum Gasteiger partial charge on any atom is -0.497 e. The number of carbonyl (C=O) groups excluding carboxylic acids is 2. The van der Waals surface area contributed by atoms with Crippen LogP contribution in [-0.2, 0) is 32.6 Å². The summed E-state index contributed by atoms with van der Waals surface area (Å²) in [6.45, 7) is 5.18. The van der Waals surface area contributed by atoms with Crippen LogP contribution in [0.1, 0.15) is 31.9 Å². The molecular weight excluding hydrogens is 550 g/mol. The summed E-state index contributed by atoms with van der Waals surface area (Å²) >= 11 is 6.09. The summed E-state index contributed by atoms with van der Waals surface area (Å²) in [5.41, 5.74) is 1.36.